The third-order valence-electron chi connectivity index (χ3n) is 5.07. The van der Waals surface area contributed by atoms with Gasteiger partial charge in [0.05, 0.1) is 10.0 Å². The molecule has 2 aromatic carbocycles. The number of hydrogen-bond donors (Lipinski definition) is 1. The summed E-state index contributed by atoms with van der Waals surface area (Å²) in [5.74, 6) is -0.316. The lowest BCUT2D eigenvalue weighted by Gasteiger charge is -2.30. The average molecular weight is 470 g/mol. The first kappa shape index (κ1) is 24.5. The summed E-state index contributed by atoms with van der Waals surface area (Å²) in [4.78, 5) is 27.4. The standard InChI is InChI=1S/C23H27Cl3N2O2/c1-4-15(2)27-23(30)16(3)28(14-17-9-11-20(25)21(26)13-17)22(29)12-10-18-7-5-6-8-19(18)24/h5-9,11,13,15-16H,4,10,12,14H2,1-3H3,(H,27,30)/t15-,16-/m1/s1. The van der Waals surface area contributed by atoms with Crippen LogP contribution in [0.3, 0.4) is 0 Å². The van der Waals surface area contributed by atoms with Crippen molar-refractivity contribution in [2.24, 2.45) is 0 Å². The van der Waals surface area contributed by atoms with E-state index in [2.05, 4.69) is 5.32 Å². The number of carbonyl (C=O) groups excluding carboxylic acids is 2. The molecule has 0 bridgehead atoms. The van der Waals surface area contributed by atoms with E-state index < -0.39 is 6.04 Å². The van der Waals surface area contributed by atoms with Gasteiger partial charge in [-0.25, -0.2) is 0 Å². The van der Waals surface area contributed by atoms with Gasteiger partial charge in [0.2, 0.25) is 11.8 Å². The Morgan fingerprint density at radius 2 is 1.70 bits per heavy atom. The van der Waals surface area contributed by atoms with Crippen LogP contribution < -0.4 is 5.32 Å². The minimum Gasteiger partial charge on any atom is -0.352 e. The van der Waals surface area contributed by atoms with Crippen LogP contribution in [0.1, 0.15) is 44.7 Å². The molecule has 0 heterocycles. The fourth-order valence-corrected chi connectivity index (χ4v) is 3.52. The van der Waals surface area contributed by atoms with Gasteiger partial charge in [0.25, 0.3) is 0 Å². The Morgan fingerprint density at radius 1 is 1.00 bits per heavy atom. The van der Waals surface area contributed by atoms with Crippen molar-refractivity contribution < 1.29 is 9.59 Å². The first-order valence-electron chi connectivity index (χ1n) is 10.00. The van der Waals surface area contributed by atoms with Gasteiger partial charge in [-0.2, -0.15) is 0 Å². The molecule has 0 aliphatic heterocycles. The highest BCUT2D eigenvalue weighted by molar-refractivity contribution is 6.42. The summed E-state index contributed by atoms with van der Waals surface area (Å²) in [5.41, 5.74) is 1.71. The SMILES string of the molecule is CC[C@@H](C)NC(=O)[C@@H](C)N(Cc1ccc(Cl)c(Cl)c1)C(=O)CCc1ccccc1Cl. The van der Waals surface area contributed by atoms with Crippen molar-refractivity contribution in [3.05, 3.63) is 68.7 Å². The fourth-order valence-electron chi connectivity index (χ4n) is 2.97. The van der Waals surface area contributed by atoms with Crippen LogP contribution in [0.2, 0.25) is 15.1 Å². The van der Waals surface area contributed by atoms with Gasteiger partial charge in [0.15, 0.2) is 0 Å². The molecule has 0 aromatic heterocycles. The number of aryl methyl sites for hydroxylation is 1. The van der Waals surface area contributed by atoms with Gasteiger partial charge in [-0.05, 0) is 56.0 Å². The predicted molar refractivity (Wildman–Crippen MR) is 124 cm³/mol. The zero-order valence-electron chi connectivity index (χ0n) is 17.4. The molecule has 7 heteroatoms. The molecular formula is C23H27Cl3N2O2. The third-order valence-corrected chi connectivity index (χ3v) is 6.18. The summed E-state index contributed by atoms with van der Waals surface area (Å²) in [6.07, 6.45) is 1.55. The average Bonchev–Trinajstić information content (AvgIpc) is 2.73. The molecule has 0 saturated heterocycles. The molecule has 0 fully saturated rings. The van der Waals surface area contributed by atoms with Gasteiger partial charge in [-0.15, -0.1) is 0 Å². The minimum absolute atomic E-state index is 0.0324. The second-order valence-corrected chi connectivity index (χ2v) is 8.58. The van der Waals surface area contributed by atoms with Crippen LogP contribution in [0.5, 0.6) is 0 Å². The predicted octanol–water partition coefficient (Wildman–Crippen LogP) is 5.91. The van der Waals surface area contributed by atoms with Gasteiger partial charge >= 0.3 is 0 Å². The van der Waals surface area contributed by atoms with Crippen molar-refractivity contribution in [1.82, 2.24) is 10.2 Å². The van der Waals surface area contributed by atoms with Crippen LogP contribution in [0.4, 0.5) is 0 Å². The maximum atomic E-state index is 13.1. The molecule has 162 valence electrons. The lowest BCUT2D eigenvalue weighted by atomic mass is 10.1. The molecule has 4 nitrogen and oxygen atoms in total. The molecule has 2 atom stereocenters. The number of carbonyl (C=O) groups is 2. The van der Waals surface area contributed by atoms with E-state index >= 15 is 0 Å². The zero-order chi connectivity index (χ0) is 22.3. The number of nitrogens with zero attached hydrogens (tertiary/aromatic N) is 1. The Balaban J connectivity index is 2.20. The highest BCUT2D eigenvalue weighted by Crippen LogP contribution is 2.24. The molecule has 30 heavy (non-hydrogen) atoms. The largest absolute Gasteiger partial charge is 0.352 e. The Kier molecular flexibility index (Phi) is 9.47. The van der Waals surface area contributed by atoms with E-state index in [9.17, 15) is 9.59 Å². The Hall–Kier alpha value is -1.75. The summed E-state index contributed by atoms with van der Waals surface area (Å²) >= 11 is 18.4. The second-order valence-electron chi connectivity index (χ2n) is 7.36. The molecule has 0 aliphatic carbocycles. The van der Waals surface area contributed by atoms with Crippen molar-refractivity contribution in [2.45, 2.75) is 58.7 Å². The maximum Gasteiger partial charge on any atom is 0.242 e. The van der Waals surface area contributed by atoms with Crippen LogP contribution >= 0.6 is 34.8 Å². The molecule has 0 aliphatic rings. The molecule has 0 unspecified atom stereocenters. The summed E-state index contributed by atoms with van der Waals surface area (Å²) in [6.45, 7) is 5.93. The van der Waals surface area contributed by atoms with Crippen LogP contribution in [0.15, 0.2) is 42.5 Å². The molecular weight excluding hydrogens is 443 g/mol. The maximum absolute atomic E-state index is 13.1. The van der Waals surface area contributed by atoms with Crippen molar-refractivity contribution in [1.29, 1.82) is 0 Å². The minimum atomic E-state index is -0.632. The van der Waals surface area contributed by atoms with Crippen LogP contribution in [-0.2, 0) is 22.6 Å². The first-order chi connectivity index (χ1) is 14.2. The normalized spacial score (nSPS) is 12.9. The van der Waals surface area contributed by atoms with Crippen molar-refractivity contribution in [3.63, 3.8) is 0 Å². The molecule has 0 radical (unpaired) electrons. The van der Waals surface area contributed by atoms with E-state index in [0.29, 0.717) is 21.5 Å². The fraction of sp³-hybridized carbons (Fsp3) is 0.391. The molecule has 0 spiro atoms. The van der Waals surface area contributed by atoms with Gasteiger partial charge < -0.3 is 10.2 Å². The number of rotatable bonds is 9. The topological polar surface area (TPSA) is 49.4 Å². The summed E-state index contributed by atoms with van der Waals surface area (Å²) in [5, 5.41) is 4.44. The van der Waals surface area contributed by atoms with Gasteiger partial charge in [-0.1, -0.05) is 66.0 Å². The van der Waals surface area contributed by atoms with E-state index in [0.717, 1.165) is 17.5 Å². The van der Waals surface area contributed by atoms with E-state index in [-0.39, 0.29) is 30.8 Å². The van der Waals surface area contributed by atoms with Crippen molar-refractivity contribution >= 4 is 46.6 Å². The Labute approximate surface area is 193 Å². The van der Waals surface area contributed by atoms with Crippen LogP contribution in [-0.4, -0.2) is 28.8 Å². The summed E-state index contributed by atoms with van der Waals surface area (Å²) in [6, 6.07) is 12.1. The Morgan fingerprint density at radius 3 is 2.33 bits per heavy atom. The quantitative estimate of drug-likeness (QED) is 0.496. The van der Waals surface area contributed by atoms with E-state index in [1.165, 1.54) is 0 Å². The van der Waals surface area contributed by atoms with E-state index in [1.54, 1.807) is 30.0 Å². The van der Waals surface area contributed by atoms with Crippen LogP contribution in [0.25, 0.3) is 0 Å². The number of halogens is 3. The molecule has 2 rings (SSSR count). The lowest BCUT2D eigenvalue weighted by molar-refractivity contribution is -0.140. The zero-order valence-corrected chi connectivity index (χ0v) is 19.7. The Bertz CT molecular complexity index is 889. The van der Waals surface area contributed by atoms with Crippen molar-refractivity contribution in [2.75, 3.05) is 0 Å². The van der Waals surface area contributed by atoms with Crippen LogP contribution in [0, 0.1) is 0 Å². The smallest absolute Gasteiger partial charge is 0.242 e. The lowest BCUT2D eigenvalue weighted by Crippen LogP contribution is -2.49. The summed E-state index contributed by atoms with van der Waals surface area (Å²) < 4.78 is 0. The van der Waals surface area contributed by atoms with Gasteiger partial charge in [0, 0.05) is 24.0 Å². The summed E-state index contributed by atoms with van der Waals surface area (Å²) in [7, 11) is 0. The molecule has 2 aromatic rings. The number of hydrogen-bond acceptors (Lipinski definition) is 2. The first-order valence-corrected chi connectivity index (χ1v) is 11.1. The second kappa shape index (κ2) is 11.6. The highest BCUT2D eigenvalue weighted by Gasteiger charge is 2.26. The molecule has 0 saturated carbocycles. The molecule has 2 amide bonds. The monoisotopic (exact) mass is 468 g/mol. The highest BCUT2D eigenvalue weighted by atomic mass is 35.5. The number of amides is 2. The van der Waals surface area contributed by atoms with Gasteiger partial charge in [-0.3, -0.25) is 9.59 Å². The van der Waals surface area contributed by atoms with E-state index in [1.807, 2.05) is 38.1 Å². The third kappa shape index (κ3) is 6.90. The molecule has 1 N–H and O–H groups in total. The van der Waals surface area contributed by atoms with Gasteiger partial charge in [0.1, 0.15) is 6.04 Å². The number of nitrogens with one attached hydrogen (secondary N) is 1. The number of benzene rings is 2. The van der Waals surface area contributed by atoms with E-state index in [4.69, 9.17) is 34.8 Å². The van der Waals surface area contributed by atoms with Crippen molar-refractivity contribution in [3.8, 4) is 0 Å².